The lowest BCUT2D eigenvalue weighted by Crippen LogP contribution is -2.54. The van der Waals surface area contributed by atoms with Crippen LogP contribution in [0.15, 0.2) is 133 Å². The minimum atomic E-state index is -0.700. The van der Waals surface area contributed by atoms with E-state index in [1.54, 1.807) is 0 Å². The van der Waals surface area contributed by atoms with Gasteiger partial charge in [-0.2, -0.15) is 0 Å². The van der Waals surface area contributed by atoms with Gasteiger partial charge in [0, 0.05) is 56.8 Å². The van der Waals surface area contributed by atoms with E-state index in [1.165, 1.54) is 11.1 Å². The molecule has 1 aliphatic carbocycles. The Morgan fingerprint density at radius 2 is 0.833 bits per heavy atom. The minimum absolute atomic E-state index is 0.283. The van der Waals surface area contributed by atoms with Gasteiger partial charge in [-0.3, -0.25) is 0 Å². The van der Waals surface area contributed by atoms with Crippen LogP contribution in [0.2, 0.25) is 0 Å². The van der Waals surface area contributed by atoms with Gasteiger partial charge >= 0.3 is 0 Å². The van der Waals surface area contributed by atoms with Gasteiger partial charge in [0.2, 0.25) is 0 Å². The zero-order valence-corrected chi connectivity index (χ0v) is 24.6. The summed E-state index contributed by atoms with van der Waals surface area (Å²) >= 11 is 0. The molecule has 7 rings (SSSR count). The van der Waals surface area contributed by atoms with Crippen molar-refractivity contribution in [2.24, 2.45) is 11.8 Å². The van der Waals surface area contributed by atoms with Gasteiger partial charge < -0.3 is 20.0 Å². The zero-order valence-electron chi connectivity index (χ0n) is 24.6. The van der Waals surface area contributed by atoms with E-state index in [4.69, 9.17) is 0 Å². The predicted molar refractivity (Wildman–Crippen MR) is 171 cm³/mol. The van der Waals surface area contributed by atoms with Crippen molar-refractivity contribution < 1.29 is 10.2 Å². The van der Waals surface area contributed by atoms with Crippen LogP contribution in [0.5, 0.6) is 0 Å². The molecular weight excluding hydrogens is 516 g/mol. The Morgan fingerprint density at radius 3 is 1.21 bits per heavy atom. The smallest absolute Gasteiger partial charge is 0.0716 e. The van der Waals surface area contributed by atoms with Crippen LogP contribution < -0.4 is 9.80 Å². The first-order valence-corrected chi connectivity index (χ1v) is 14.9. The zero-order chi connectivity index (χ0) is 29.2. The van der Waals surface area contributed by atoms with E-state index in [9.17, 15) is 10.2 Å². The molecule has 0 amide bonds. The number of fused-ring (bicyclic) bond motifs is 2. The predicted octanol–water partition coefficient (Wildman–Crippen LogP) is 7.98. The van der Waals surface area contributed by atoms with E-state index in [0.29, 0.717) is 0 Å². The maximum Gasteiger partial charge on any atom is 0.0716 e. The second-order valence-electron chi connectivity index (χ2n) is 12.9. The highest BCUT2D eigenvalue weighted by atomic mass is 16.3. The molecule has 0 radical (unpaired) electrons. The third-order valence-electron chi connectivity index (χ3n) is 9.71. The molecule has 0 saturated heterocycles. The second kappa shape index (κ2) is 9.72. The van der Waals surface area contributed by atoms with Crippen molar-refractivity contribution in [2.75, 3.05) is 9.80 Å². The first kappa shape index (κ1) is 26.8. The highest BCUT2D eigenvalue weighted by Gasteiger charge is 2.51. The van der Waals surface area contributed by atoms with Crippen molar-refractivity contribution in [3.05, 3.63) is 144 Å². The van der Waals surface area contributed by atoms with Crippen LogP contribution in [-0.2, 0) is 10.8 Å². The van der Waals surface area contributed by atoms with Crippen molar-refractivity contribution in [1.82, 2.24) is 0 Å². The quantitative estimate of drug-likeness (QED) is 0.269. The number of allylic oxidation sites excluding steroid dienone is 2. The average Bonchev–Trinajstić information content (AvgIpc) is 3.38. The first-order chi connectivity index (χ1) is 20.2. The molecule has 212 valence electrons. The lowest BCUT2D eigenvalue weighted by molar-refractivity contribution is -0.111. The van der Waals surface area contributed by atoms with E-state index in [1.807, 2.05) is 12.1 Å². The fourth-order valence-corrected chi connectivity index (χ4v) is 7.30. The molecule has 0 bridgehead atoms. The topological polar surface area (TPSA) is 46.9 Å². The van der Waals surface area contributed by atoms with Gasteiger partial charge in [-0.15, -0.1) is 0 Å². The van der Waals surface area contributed by atoms with Crippen LogP contribution in [-0.4, -0.2) is 22.4 Å². The molecule has 4 nitrogen and oxygen atoms in total. The Hall–Kier alpha value is -4.12. The van der Waals surface area contributed by atoms with E-state index in [0.717, 1.165) is 34.1 Å². The van der Waals surface area contributed by atoms with E-state index in [-0.39, 0.29) is 22.7 Å². The monoisotopic (exact) mass is 554 g/mol. The third-order valence-corrected chi connectivity index (χ3v) is 9.71. The minimum Gasteiger partial charge on any atom is -0.392 e. The second-order valence-corrected chi connectivity index (χ2v) is 12.9. The average molecular weight is 555 g/mol. The lowest BCUT2D eigenvalue weighted by Gasteiger charge is -2.46. The van der Waals surface area contributed by atoms with Crippen LogP contribution in [0.25, 0.3) is 0 Å². The molecule has 0 spiro atoms. The summed E-state index contributed by atoms with van der Waals surface area (Å²) in [6.45, 7) is 8.92. The molecular formula is C38H38N2O2. The summed E-state index contributed by atoms with van der Waals surface area (Å²) < 4.78 is 0. The highest BCUT2D eigenvalue weighted by molar-refractivity contribution is 5.81. The molecule has 3 aliphatic rings. The van der Waals surface area contributed by atoms with Gasteiger partial charge in [-0.25, -0.2) is 0 Å². The van der Waals surface area contributed by atoms with Gasteiger partial charge in [0.1, 0.15) is 0 Å². The Bertz CT molecular complexity index is 1550. The molecule has 0 unspecified atom stereocenters. The summed E-state index contributed by atoms with van der Waals surface area (Å²) in [4.78, 5) is 4.57. The summed E-state index contributed by atoms with van der Waals surface area (Å²) in [7, 11) is 0. The highest BCUT2D eigenvalue weighted by Crippen LogP contribution is 2.55. The Balaban J connectivity index is 1.27. The number of anilines is 4. The van der Waals surface area contributed by atoms with Crippen molar-refractivity contribution >= 4 is 22.7 Å². The maximum absolute atomic E-state index is 11.7. The van der Waals surface area contributed by atoms with Crippen molar-refractivity contribution in [3.8, 4) is 0 Å². The molecule has 2 heterocycles. The normalized spacial score (nSPS) is 27.2. The fraction of sp³-hybridized carbons (Fsp3) is 0.263. The van der Waals surface area contributed by atoms with Crippen LogP contribution >= 0.6 is 0 Å². The summed E-state index contributed by atoms with van der Waals surface area (Å²) in [5, 5.41) is 23.3. The largest absolute Gasteiger partial charge is 0.392 e. The van der Waals surface area contributed by atoms with Crippen LogP contribution in [0, 0.1) is 11.8 Å². The number of nitrogens with zero attached hydrogens (tertiary/aromatic N) is 2. The molecule has 4 aromatic rings. The van der Waals surface area contributed by atoms with Crippen molar-refractivity contribution in [1.29, 1.82) is 0 Å². The Labute approximate surface area is 248 Å². The summed E-state index contributed by atoms with van der Waals surface area (Å²) in [5.41, 5.74) is 8.53. The molecule has 1 saturated carbocycles. The van der Waals surface area contributed by atoms with Gasteiger partial charge in [-0.05, 0) is 47.5 Å². The Kier molecular flexibility index (Phi) is 6.19. The first-order valence-electron chi connectivity index (χ1n) is 14.9. The third kappa shape index (κ3) is 3.89. The number of benzene rings is 4. The van der Waals surface area contributed by atoms with E-state index >= 15 is 0 Å². The lowest BCUT2D eigenvalue weighted by atomic mass is 9.66. The summed E-state index contributed by atoms with van der Waals surface area (Å²) in [6.07, 6.45) is 2.85. The molecule has 0 atom stereocenters. The number of aliphatic hydroxyl groups excluding tert-OH is 2. The Morgan fingerprint density at radius 1 is 0.500 bits per heavy atom. The number of aliphatic hydroxyl groups is 2. The SMILES string of the molecule is CC1(C)C(=CC2C(O)C(C=C3N(c4ccccc4)c4ccccc4C3(C)C)C2O)N(c2ccccc2)c2ccccc21. The summed E-state index contributed by atoms with van der Waals surface area (Å²) in [6, 6.07) is 37.7. The molecule has 0 aromatic heterocycles. The van der Waals surface area contributed by atoms with Gasteiger partial charge in [0.15, 0.2) is 0 Å². The molecule has 42 heavy (non-hydrogen) atoms. The number of hydrogen-bond acceptors (Lipinski definition) is 4. The molecule has 2 N–H and O–H groups in total. The standard InChI is InChI=1S/C38H38N2O2/c1-37(2)29-19-11-13-21-31(29)39(25-15-7-5-8-16-25)33(37)23-27-35(41)28(36(27)42)24-34-38(3,4)30-20-12-14-22-32(30)40(34)26-17-9-6-10-18-26/h5-24,27-28,35-36,41-42H,1-4H3. The van der Waals surface area contributed by atoms with Gasteiger partial charge in [0.05, 0.1) is 12.2 Å². The van der Waals surface area contributed by atoms with Crippen LogP contribution in [0.3, 0.4) is 0 Å². The molecule has 4 heteroatoms. The van der Waals surface area contributed by atoms with Crippen LogP contribution in [0.4, 0.5) is 22.7 Å². The van der Waals surface area contributed by atoms with E-state index in [2.05, 4.69) is 147 Å². The van der Waals surface area contributed by atoms with Crippen LogP contribution in [0.1, 0.15) is 38.8 Å². The van der Waals surface area contributed by atoms with Crippen molar-refractivity contribution in [3.63, 3.8) is 0 Å². The number of hydrogen-bond donors (Lipinski definition) is 2. The fourth-order valence-electron chi connectivity index (χ4n) is 7.30. The molecule has 4 aromatic carbocycles. The number of rotatable bonds is 4. The van der Waals surface area contributed by atoms with Gasteiger partial charge in [0.25, 0.3) is 0 Å². The molecule has 2 aliphatic heterocycles. The van der Waals surface area contributed by atoms with Crippen molar-refractivity contribution in [2.45, 2.75) is 50.7 Å². The van der Waals surface area contributed by atoms with Gasteiger partial charge in [-0.1, -0.05) is 113 Å². The summed E-state index contributed by atoms with van der Waals surface area (Å²) in [5.74, 6) is -0.752. The number of para-hydroxylation sites is 4. The molecule has 1 fully saturated rings. The van der Waals surface area contributed by atoms with E-state index < -0.39 is 12.2 Å². The maximum atomic E-state index is 11.7.